The summed E-state index contributed by atoms with van der Waals surface area (Å²) in [6.45, 7) is 3.06. The van der Waals surface area contributed by atoms with Crippen LogP contribution < -0.4 is 10.6 Å². The number of carbonyl (C=O) groups is 1. The fraction of sp³-hybridized carbons (Fsp3) is 0.600. The maximum absolute atomic E-state index is 11.4. The van der Waals surface area contributed by atoms with Crippen molar-refractivity contribution < 1.29 is 9.21 Å². The fourth-order valence-corrected chi connectivity index (χ4v) is 1.29. The van der Waals surface area contributed by atoms with E-state index in [1.54, 1.807) is 0 Å². The first-order valence-corrected chi connectivity index (χ1v) is 5.17. The van der Waals surface area contributed by atoms with E-state index in [0.29, 0.717) is 6.54 Å². The van der Waals surface area contributed by atoms with Crippen LogP contribution in [0.1, 0.15) is 18.5 Å². The van der Waals surface area contributed by atoms with Crippen LogP contribution in [0, 0.1) is 12.8 Å². The molecule has 15 heavy (non-hydrogen) atoms. The Morgan fingerprint density at radius 3 is 3.07 bits per heavy atom. The third kappa shape index (κ3) is 3.36. The molecule has 5 nitrogen and oxygen atoms in total. The summed E-state index contributed by atoms with van der Waals surface area (Å²) >= 11 is 0. The van der Waals surface area contributed by atoms with Crippen LogP contribution in [-0.2, 0) is 4.79 Å². The minimum Gasteiger partial charge on any atom is -0.432 e. The van der Waals surface area contributed by atoms with Gasteiger partial charge in [-0.25, -0.2) is 0 Å². The van der Waals surface area contributed by atoms with Crippen LogP contribution in [0.4, 0.5) is 6.01 Å². The van der Waals surface area contributed by atoms with Gasteiger partial charge >= 0.3 is 6.01 Å². The molecule has 0 unspecified atom stereocenters. The Morgan fingerprint density at radius 1 is 1.67 bits per heavy atom. The molecule has 82 valence electrons. The molecule has 2 rings (SSSR count). The molecule has 0 aliphatic heterocycles. The number of hydrogen-bond acceptors (Lipinski definition) is 4. The Balaban J connectivity index is 1.67. The van der Waals surface area contributed by atoms with Gasteiger partial charge < -0.3 is 9.73 Å². The Morgan fingerprint density at radius 2 is 2.47 bits per heavy atom. The van der Waals surface area contributed by atoms with Crippen LogP contribution in [0.25, 0.3) is 0 Å². The second-order valence-electron chi connectivity index (χ2n) is 3.92. The van der Waals surface area contributed by atoms with Gasteiger partial charge in [0.2, 0.25) is 5.91 Å². The first-order valence-electron chi connectivity index (χ1n) is 5.17. The number of aromatic nitrogens is 1. The highest BCUT2D eigenvalue weighted by molar-refractivity contribution is 5.90. The van der Waals surface area contributed by atoms with Crippen LogP contribution in [-0.4, -0.2) is 24.0 Å². The lowest BCUT2D eigenvalue weighted by Gasteiger charge is -2.02. The van der Waals surface area contributed by atoms with Gasteiger partial charge in [0.05, 0.1) is 12.2 Å². The van der Waals surface area contributed by atoms with Crippen molar-refractivity contribution in [2.75, 3.05) is 18.4 Å². The molecule has 5 heteroatoms. The lowest BCUT2D eigenvalue weighted by atomic mass is 10.4. The largest absolute Gasteiger partial charge is 0.432 e. The molecule has 1 aliphatic rings. The fourth-order valence-electron chi connectivity index (χ4n) is 1.29. The zero-order valence-corrected chi connectivity index (χ0v) is 8.75. The van der Waals surface area contributed by atoms with Crippen molar-refractivity contribution in [3.8, 4) is 0 Å². The van der Waals surface area contributed by atoms with Gasteiger partial charge in [-0.3, -0.25) is 10.1 Å². The van der Waals surface area contributed by atoms with Crippen LogP contribution in [0.5, 0.6) is 0 Å². The van der Waals surface area contributed by atoms with Gasteiger partial charge in [0, 0.05) is 0 Å². The summed E-state index contributed by atoms with van der Waals surface area (Å²) in [4.78, 5) is 15.3. The summed E-state index contributed by atoms with van der Waals surface area (Å²) < 4.78 is 5.00. The van der Waals surface area contributed by atoms with Crippen molar-refractivity contribution in [2.24, 2.45) is 5.92 Å². The van der Waals surface area contributed by atoms with Crippen molar-refractivity contribution in [1.29, 1.82) is 0 Å². The van der Waals surface area contributed by atoms with Gasteiger partial charge in [0.25, 0.3) is 0 Å². The highest BCUT2D eigenvalue weighted by Gasteiger charge is 2.20. The molecule has 0 spiro atoms. The Bertz CT molecular complexity index is 344. The standard InChI is InChI=1S/C10H15N3O2/c1-7-6-15-10(12-7)13-9(14)5-11-4-8-2-3-8/h6,8,11H,2-5H2,1H3,(H,12,13,14). The van der Waals surface area contributed by atoms with Crippen LogP contribution >= 0.6 is 0 Å². The van der Waals surface area contributed by atoms with Crippen LogP contribution in [0.2, 0.25) is 0 Å². The molecule has 1 saturated carbocycles. The predicted molar refractivity (Wildman–Crippen MR) is 55.5 cm³/mol. The summed E-state index contributed by atoms with van der Waals surface area (Å²) in [6, 6.07) is 0.269. The number of nitrogens with one attached hydrogen (secondary N) is 2. The highest BCUT2D eigenvalue weighted by Crippen LogP contribution is 2.27. The number of hydrogen-bond donors (Lipinski definition) is 2. The molecule has 0 radical (unpaired) electrons. The zero-order chi connectivity index (χ0) is 10.7. The monoisotopic (exact) mass is 209 g/mol. The maximum atomic E-state index is 11.4. The van der Waals surface area contributed by atoms with E-state index >= 15 is 0 Å². The third-order valence-electron chi connectivity index (χ3n) is 2.28. The summed E-state index contributed by atoms with van der Waals surface area (Å²) in [6.07, 6.45) is 4.08. The number of amides is 1. The first-order chi connectivity index (χ1) is 7.24. The molecule has 1 amide bonds. The first kappa shape index (κ1) is 10.2. The summed E-state index contributed by atoms with van der Waals surface area (Å²) in [5, 5.41) is 5.67. The summed E-state index contributed by atoms with van der Waals surface area (Å²) in [7, 11) is 0. The van der Waals surface area contributed by atoms with Crippen molar-refractivity contribution in [1.82, 2.24) is 10.3 Å². The minimum atomic E-state index is -0.113. The van der Waals surface area contributed by atoms with Gasteiger partial charge in [-0.1, -0.05) is 0 Å². The Labute approximate surface area is 88.3 Å². The topological polar surface area (TPSA) is 67.2 Å². The van der Waals surface area contributed by atoms with Gasteiger partial charge in [-0.15, -0.1) is 0 Å². The minimum absolute atomic E-state index is 0.113. The lowest BCUT2D eigenvalue weighted by Crippen LogP contribution is -2.29. The van der Waals surface area contributed by atoms with Gasteiger partial charge in [-0.2, -0.15) is 4.98 Å². The van der Waals surface area contributed by atoms with E-state index in [2.05, 4.69) is 15.6 Å². The number of anilines is 1. The molecule has 1 aromatic heterocycles. The molecule has 0 aromatic carbocycles. The van der Waals surface area contributed by atoms with E-state index in [0.717, 1.165) is 18.2 Å². The SMILES string of the molecule is Cc1coc(NC(=O)CNCC2CC2)n1. The summed E-state index contributed by atoms with van der Waals surface area (Å²) in [5.41, 5.74) is 0.760. The second kappa shape index (κ2) is 4.44. The average molecular weight is 209 g/mol. The van der Waals surface area contributed by atoms with Crippen LogP contribution in [0.3, 0.4) is 0 Å². The van der Waals surface area contributed by atoms with Crippen molar-refractivity contribution in [3.63, 3.8) is 0 Å². The number of rotatable bonds is 5. The molecular weight excluding hydrogens is 194 g/mol. The van der Waals surface area contributed by atoms with Crippen molar-refractivity contribution >= 4 is 11.9 Å². The molecule has 1 fully saturated rings. The Hall–Kier alpha value is -1.36. The van der Waals surface area contributed by atoms with E-state index in [1.807, 2.05) is 6.92 Å². The highest BCUT2D eigenvalue weighted by atomic mass is 16.4. The van der Waals surface area contributed by atoms with E-state index in [9.17, 15) is 4.79 Å². The lowest BCUT2D eigenvalue weighted by molar-refractivity contribution is -0.115. The van der Waals surface area contributed by atoms with Crippen LogP contribution in [0.15, 0.2) is 10.7 Å². The quantitative estimate of drug-likeness (QED) is 0.756. The summed E-state index contributed by atoms with van der Waals surface area (Å²) in [5.74, 6) is 0.666. The molecule has 2 N–H and O–H groups in total. The molecule has 1 heterocycles. The second-order valence-corrected chi connectivity index (χ2v) is 3.92. The van der Waals surface area contributed by atoms with Crippen molar-refractivity contribution in [3.05, 3.63) is 12.0 Å². The predicted octanol–water partition coefficient (Wildman–Crippen LogP) is 0.921. The smallest absolute Gasteiger partial charge is 0.301 e. The molecule has 0 saturated heterocycles. The zero-order valence-electron chi connectivity index (χ0n) is 8.75. The molecule has 0 atom stereocenters. The van der Waals surface area contributed by atoms with Crippen molar-refractivity contribution in [2.45, 2.75) is 19.8 Å². The van der Waals surface area contributed by atoms with Gasteiger partial charge in [-0.05, 0) is 32.2 Å². The number of oxazole rings is 1. The van der Waals surface area contributed by atoms with E-state index in [-0.39, 0.29) is 11.9 Å². The number of nitrogens with zero attached hydrogens (tertiary/aromatic N) is 1. The third-order valence-corrected chi connectivity index (χ3v) is 2.28. The Kier molecular flexibility index (Phi) is 3.01. The normalized spacial score (nSPS) is 15.3. The number of aryl methyl sites for hydroxylation is 1. The van der Waals surface area contributed by atoms with Gasteiger partial charge in [0.15, 0.2) is 0 Å². The average Bonchev–Trinajstić information content (AvgIpc) is 2.91. The van der Waals surface area contributed by atoms with Gasteiger partial charge in [0.1, 0.15) is 6.26 Å². The van der Waals surface area contributed by atoms with E-state index in [1.165, 1.54) is 19.1 Å². The number of carbonyl (C=O) groups excluding carboxylic acids is 1. The van der Waals surface area contributed by atoms with E-state index < -0.39 is 0 Å². The molecular formula is C10H15N3O2. The molecule has 1 aromatic rings. The molecule has 1 aliphatic carbocycles. The maximum Gasteiger partial charge on any atom is 0.301 e. The van der Waals surface area contributed by atoms with E-state index in [4.69, 9.17) is 4.42 Å². The molecule has 0 bridgehead atoms.